The number of hydrogen-bond donors (Lipinski definition) is 0. The van der Waals surface area contributed by atoms with Crippen LogP contribution >= 0.6 is 0 Å². The van der Waals surface area contributed by atoms with E-state index in [4.69, 9.17) is 9.26 Å². The molecule has 0 unspecified atom stereocenters. The fourth-order valence-electron chi connectivity index (χ4n) is 2.94. The molecule has 0 aliphatic heterocycles. The SMILES string of the molecule is CCc1c(C)cccc1-c1noc(-c2ccc(OC(C)C)c(C#N)c2)n1. The first-order valence-electron chi connectivity index (χ1n) is 8.67. The van der Waals surface area contributed by atoms with Crippen LogP contribution < -0.4 is 4.74 Å². The minimum Gasteiger partial charge on any atom is -0.490 e. The number of nitrogens with zero attached hydrogens (tertiary/aromatic N) is 3. The van der Waals surface area contributed by atoms with E-state index in [-0.39, 0.29) is 6.10 Å². The Morgan fingerprint density at radius 3 is 2.73 bits per heavy atom. The van der Waals surface area contributed by atoms with Gasteiger partial charge in [-0.1, -0.05) is 30.3 Å². The van der Waals surface area contributed by atoms with Crippen molar-refractivity contribution in [2.45, 2.75) is 40.2 Å². The van der Waals surface area contributed by atoms with E-state index in [1.54, 1.807) is 12.1 Å². The van der Waals surface area contributed by atoms with Gasteiger partial charge in [-0.15, -0.1) is 0 Å². The molecular weight excluding hydrogens is 326 g/mol. The Hall–Kier alpha value is -3.13. The Kier molecular flexibility index (Phi) is 5.04. The zero-order chi connectivity index (χ0) is 18.7. The summed E-state index contributed by atoms with van der Waals surface area (Å²) in [4.78, 5) is 4.54. The second-order valence-electron chi connectivity index (χ2n) is 6.37. The van der Waals surface area contributed by atoms with Gasteiger partial charge in [-0.25, -0.2) is 0 Å². The quantitative estimate of drug-likeness (QED) is 0.654. The van der Waals surface area contributed by atoms with Crippen molar-refractivity contribution in [3.8, 4) is 34.7 Å². The van der Waals surface area contributed by atoms with Gasteiger partial charge in [0.2, 0.25) is 5.82 Å². The highest BCUT2D eigenvalue weighted by molar-refractivity contribution is 5.66. The van der Waals surface area contributed by atoms with E-state index in [1.807, 2.05) is 32.0 Å². The summed E-state index contributed by atoms with van der Waals surface area (Å²) in [6.07, 6.45) is 0.892. The van der Waals surface area contributed by atoms with Crippen LogP contribution in [0.5, 0.6) is 5.75 Å². The molecule has 1 heterocycles. The molecule has 132 valence electrons. The van der Waals surface area contributed by atoms with Gasteiger partial charge in [-0.2, -0.15) is 10.2 Å². The number of benzene rings is 2. The third-order valence-corrected chi connectivity index (χ3v) is 4.14. The molecule has 0 N–H and O–H groups in total. The number of aryl methyl sites for hydroxylation is 1. The van der Waals surface area contributed by atoms with Gasteiger partial charge in [-0.05, 0) is 56.5 Å². The van der Waals surface area contributed by atoms with Gasteiger partial charge >= 0.3 is 0 Å². The van der Waals surface area contributed by atoms with Gasteiger partial charge in [0.25, 0.3) is 5.89 Å². The highest BCUT2D eigenvalue weighted by atomic mass is 16.5. The first-order chi connectivity index (χ1) is 12.5. The second kappa shape index (κ2) is 7.40. The lowest BCUT2D eigenvalue weighted by molar-refractivity contribution is 0.242. The summed E-state index contributed by atoms with van der Waals surface area (Å²) < 4.78 is 11.1. The fourth-order valence-corrected chi connectivity index (χ4v) is 2.94. The predicted molar refractivity (Wildman–Crippen MR) is 99.8 cm³/mol. The molecule has 0 aliphatic rings. The zero-order valence-electron chi connectivity index (χ0n) is 15.4. The molecular formula is C21H21N3O2. The lowest BCUT2D eigenvalue weighted by atomic mass is 9.99. The van der Waals surface area contributed by atoms with Crippen LogP contribution in [0.15, 0.2) is 40.9 Å². The molecule has 0 saturated heterocycles. The summed E-state index contributed by atoms with van der Waals surface area (Å²) >= 11 is 0. The van der Waals surface area contributed by atoms with Gasteiger partial charge in [0.05, 0.1) is 11.7 Å². The number of hydrogen-bond acceptors (Lipinski definition) is 5. The average molecular weight is 347 g/mol. The zero-order valence-corrected chi connectivity index (χ0v) is 15.4. The summed E-state index contributed by atoms with van der Waals surface area (Å²) in [6.45, 7) is 8.04. The van der Waals surface area contributed by atoms with E-state index in [1.165, 1.54) is 11.1 Å². The summed E-state index contributed by atoms with van der Waals surface area (Å²) in [5.74, 6) is 1.50. The average Bonchev–Trinajstić information content (AvgIpc) is 3.11. The Morgan fingerprint density at radius 2 is 2.04 bits per heavy atom. The molecule has 0 saturated carbocycles. The topological polar surface area (TPSA) is 71.9 Å². The molecule has 26 heavy (non-hydrogen) atoms. The molecule has 0 bridgehead atoms. The molecule has 0 fully saturated rings. The number of ether oxygens (including phenoxy) is 1. The monoisotopic (exact) mass is 347 g/mol. The van der Waals surface area contributed by atoms with E-state index in [0.717, 1.165) is 12.0 Å². The number of nitriles is 1. The molecule has 0 atom stereocenters. The van der Waals surface area contributed by atoms with Gasteiger partial charge in [0.15, 0.2) is 0 Å². The lowest BCUT2D eigenvalue weighted by Crippen LogP contribution is -2.06. The lowest BCUT2D eigenvalue weighted by Gasteiger charge is -2.11. The Balaban J connectivity index is 1.99. The number of rotatable bonds is 5. The maximum absolute atomic E-state index is 9.39. The van der Waals surface area contributed by atoms with E-state index in [2.05, 4.69) is 36.1 Å². The molecule has 0 aliphatic carbocycles. The maximum atomic E-state index is 9.39. The van der Waals surface area contributed by atoms with Crippen LogP contribution in [0, 0.1) is 18.3 Å². The van der Waals surface area contributed by atoms with Gasteiger partial charge in [0, 0.05) is 11.1 Å². The molecule has 1 aromatic heterocycles. The van der Waals surface area contributed by atoms with Crippen LogP contribution in [0.4, 0.5) is 0 Å². The van der Waals surface area contributed by atoms with E-state index in [9.17, 15) is 5.26 Å². The predicted octanol–water partition coefficient (Wildman–Crippen LogP) is 4.93. The van der Waals surface area contributed by atoms with Crippen LogP contribution in [-0.2, 0) is 6.42 Å². The molecule has 3 rings (SSSR count). The van der Waals surface area contributed by atoms with Crippen molar-refractivity contribution in [3.63, 3.8) is 0 Å². The Labute approximate surface area is 153 Å². The third kappa shape index (κ3) is 3.45. The summed E-state index contributed by atoms with van der Waals surface area (Å²) in [5.41, 5.74) is 4.53. The van der Waals surface area contributed by atoms with Crippen LogP contribution in [0.1, 0.15) is 37.5 Å². The van der Waals surface area contributed by atoms with Crippen LogP contribution in [-0.4, -0.2) is 16.2 Å². The maximum Gasteiger partial charge on any atom is 0.258 e. The summed E-state index contributed by atoms with van der Waals surface area (Å²) in [7, 11) is 0. The Bertz CT molecular complexity index is 968. The van der Waals surface area contributed by atoms with Crippen molar-refractivity contribution >= 4 is 0 Å². The molecule has 5 nitrogen and oxygen atoms in total. The van der Waals surface area contributed by atoms with E-state index in [0.29, 0.717) is 28.6 Å². The first-order valence-corrected chi connectivity index (χ1v) is 8.67. The van der Waals surface area contributed by atoms with Crippen LogP contribution in [0.25, 0.3) is 22.8 Å². The highest BCUT2D eigenvalue weighted by Gasteiger charge is 2.16. The van der Waals surface area contributed by atoms with Crippen LogP contribution in [0.2, 0.25) is 0 Å². The highest BCUT2D eigenvalue weighted by Crippen LogP contribution is 2.29. The summed E-state index contributed by atoms with van der Waals surface area (Å²) in [6, 6.07) is 13.5. The van der Waals surface area contributed by atoms with Crippen molar-refractivity contribution in [2.75, 3.05) is 0 Å². The summed E-state index contributed by atoms with van der Waals surface area (Å²) in [5, 5.41) is 13.5. The van der Waals surface area contributed by atoms with Crippen molar-refractivity contribution in [1.29, 1.82) is 5.26 Å². The Morgan fingerprint density at radius 1 is 1.23 bits per heavy atom. The van der Waals surface area contributed by atoms with Crippen molar-refractivity contribution in [3.05, 3.63) is 53.1 Å². The standard InChI is InChI=1S/C21H21N3O2/c1-5-17-14(4)7-6-8-18(17)20-23-21(26-24-20)15-9-10-19(25-13(2)3)16(11-15)12-22/h6-11,13H,5H2,1-4H3. The van der Waals surface area contributed by atoms with Gasteiger partial charge in [0.1, 0.15) is 11.8 Å². The van der Waals surface area contributed by atoms with Crippen molar-refractivity contribution in [2.24, 2.45) is 0 Å². The first kappa shape index (κ1) is 17.7. The fraction of sp³-hybridized carbons (Fsp3) is 0.286. The van der Waals surface area contributed by atoms with Gasteiger partial charge < -0.3 is 9.26 Å². The normalized spacial score (nSPS) is 10.8. The second-order valence-corrected chi connectivity index (χ2v) is 6.37. The molecule has 0 amide bonds. The van der Waals surface area contributed by atoms with Crippen molar-refractivity contribution in [1.82, 2.24) is 10.1 Å². The van der Waals surface area contributed by atoms with Crippen molar-refractivity contribution < 1.29 is 9.26 Å². The van der Waals surface area contributed by atoms with E-state index < -0.39 is 0 Å². The largest absolute Gasteiger partial charge is 0.490 e. The van der Waals surface area contributed by atoms with Crippen LogP contribution in [0.3, 0.4) is 0 Å². The smallest absolute Gasteiger partial charge is 0.258 e. The minimum atomic E-state index is -0.00302. The van der Waals surface area contributed by atoms with E-state index >= 15 is 0 Å². The minimum absolute atomic E-state index is 0.00302. The molecule has 3 aromatic rings. The number of aromatic nitrogens is 2. The molecule has 5 heteroatoms. The third-order valence-electron chi connectivity index (χ3n) is 4.14. The van der Waals surface area contributed by atoms with Gasteiger partial charge in [-0.3, -0.25) is 0 Å². The molecule has 2 aromatic carbocycles. The molecule has 0 spiro atoms. The molecule has 0 radical (unpaired) electrons.